The van der Waals surface area contributed by atoms with Crippen LogP contribution in [0.3, 0.4) is 0 Å². The third kappa shape index (κ3) is 1.03. The lowest BCUT2D eigenvalue weighted by molar-refractivity contribution is 1.04. The fraction of sp³-hybridized carbons (Fsp3) is 0. The Hall–Kier alpha value is -1.22. The first-order chi connectivity index (χ1) is 5.38. The van der Waals surface area contributed by atoms with Gasteiger partial charge in [-0.15, -0.1) is 0 Å². The van der Waals surface area contributed by atoms with Crippen molar-refractivity contribution >= 4 is 17.7 Å². The summed E-state index contributed by atoms with van der Waals surface area (Å²) in [7, 11) is 0. The van der Waals surface area contributed by atoms with Crippen LogP contribution >= 0.6 is 12.2 Å². The van der Waals surface area contributed by atoms with Crippen LogP contribution in [-0.4, -0.2) is 9.38 Å². The average Bonchev–Trinajstić information content (AvgIpc) is 2.06. The molecule has 54 valence electrons. The van der Waals surface area contributed by atoms with Gasteiger partial charge in [-0.1, -0.05) is 6.07 Å². The number of rotatable bonds is 0. The van der Waals surface area contributed by atoms with Crippen LogP contribution in [0.2, 0.25) is 0 Å². The summed E-state index contributed by atoms with van der Waals surface area (Å²) in [6.07, 6.45) is 3.63. The molecular formula is C8H6N2S. The van der Waals surface area contributed by atoms with E-state index in [-0.39, 0.29) is 0 Å². The molecule has 3 heteroatoms. The normalized spacial score (nSPS) is 10.2. The Bertz CT molecular complexity index is 428. The first-order valence-electron chi connectivity index (χ1n) is 3.30. The van der Waals surface area contributed by atoms with Crippen LogP contribution in [0, 0.1) is 4.77 Å². The number of fused-ring (bicyclic) bond motifs is 1. The van der Waals surface area contributed by atoms with Crippen molar-refractivity contribution in [1.82, 2.24) is 9.38 Å². The van der Waals surface area contributed by atoms with E-state index in [0.29, 0.717) is 4.77 Å². The van der Waals surface area contributed by atoms with E-state index >= 15 is 0 Å². The Morgan fingerprint density at radius 1 is 1.27 bits per heavy atom. The van der Waals surface area contributed by atoms with Gasteiger partial charge in [0.2, 0.25) is 4.77 Å². The van der Waals surface area contributed by atoms with Crippen molar-refractivity contribution in [3.05, 3.63) is 41.4 Å². The van der Waals surface area contributed by atoms with Gasteiger partial charge in [0, 0.05) is 17.9 Å². The highest BCUT2D eigenvalue weighted by molar-refractivity contribution is 7.71. The van der Waals surface area contributed by atoms with Gasteiger partial charge in [-0.05, 0) is 30.4 Å². The molecule has 0 amide bonds. The number of aromatic nitrogens is 2. The van der Waals surface area contributed by atoms with Crippen molar-refractivity contribution in [2.75, 3.05) is 0 Å². The number of pyridine rings is 1. The Morgan fingerprint density at radius 3 is 3.00 bits per heavy atom. The molecule has 0 atom stereocenters. The van der Waals surface area contributed by atoms with Crippen molar-refractivity contribution in [1.29, 1.82) is 0 Å². The predicted molar refractivity (Wildman–Crippen MR) is 46.0 cm³/mol. The van der Waals surface area contributed by atoms with Crippen LogP contribution in [0.1, 0.15) is 0 Å². The van der Waals surface area contributed by atoms with Crippen LogP contribution in [-0.2, 0) is 0 Å². The van der Waals surface area contributed by atoms with Gasteiger partial charge in [-0.25, -0.2) is 4.98 Å². The maximum Gasteiger partial charge on any atom is 0.204 e. The van der Waals surface area contributed by atoms with Gasteiger partial charge in [0.05, 0.1) is 0 Å². The van der Waals surface area contributed by atoms with E-state index in [9.17, 15) is 0 Å². The first kappa shape index (κ1) is 6.49. The Kier molecular flexibility index (Phi) is 1.43. The van der Waals surface area contributed by atoms with Gasteiger partial charge < -0.3 is 0 Å². The molecule has 2 nitrogen and oxygen atoms in total. The third-order valence-corrected chi connectivity index (χ3v) is 1.83. The fourth-order valence-corrected chi connectivity index (χ4v) is 1.23. The molecule has 2 aromatic heterocycles. The van der Waals surface area contributed by atoms with E-state index in [4.69, 9.17) is 12.2 Å². The van der Waals surface area contributed by atoms with E-state index < -0.39 is 0 Å². The van der Waals surface area contributed by atoms with Crippen LogP contribution in [0.4, 0.5) is 0 Å². The Labute approximate surface area is 69.1 Å². The second-order valence-electron chi connectivity index (χ2n) is 2.22. The summed E-state index contributed by atoms with van der Waals surface area (Å²) >= 11 is 5.01. The molecule has 2 heterocycles. The molecule has 0 aliphatic rings. The van der Waals surface area contributed by atoms with Crippen molar-refractivity contribution in [2.24, 2.45) is 0 Å². The van der Waals surface area contributed by atoms with Gasteiger partial charge in [0.25, 0.3) is 0 Å². The fourth-order valence-electron chi connectivity index (χ4n) is 1.01. The summed E-state index contributed by atoms with van der Waals surface area (Å²) in [5, 5.41) is 0. The highest BCUT2D eigenvalue weighted by Gasteiger charge is 1.87. The quantitative estimate of drug-likeness (QED) is 0.552. The second kappa shape index (κ2) is 2.43. The third-order valence-electron chi connectivity index (χ3n) is 1.53. The summed E-state index contributed by atoms with van der Waals surface area (Å²) < 4.78 is 2.47. The number of nitrogens with zero attached hydrogens (tertiary/aromatic N) is 2. The first-order valence-corrected chi connectivity index (χ1v) is 3.71. The van der Waals surface area contributed by atoms with E-state index in [1.54, 1.807) is 6.20 Å². The molecule has 0 saturated carbocycles. The van der Waals surface area contributed by atoms with Crippen LogP contribution < -0.4 is 0 Å². The maximum absolute atomic E-state index is 5.01. The van der Waals surface area contributed by atoms with Crippen LogP contribution in [0.25, 0.3) is 5.52 Å². The van der Waals surface area contributed by atoms with Crippen LogP contribution in [0.15, 0.2) is 36.7 Å². The van der Waals surface area contributed by atoms with Gasteiger partial charge in [-0.2, -0.15) is 0 Å². The minimum Gasteiger partial charge on any atom is -0.293 e. The minimum absolute atomic E-state index is 0.600. The molecule has 0 N–H and O–H groups in total. The molecule has 0 aliphatic carbocycles. The standard InChI is InChI=1S/C8H6N2S/c11-8-9-5-4-7-3-1-2-6-10(7)8/h1-6H. The van der Waals surface area contributed by atoms with E-state index in [1.807, 2.05) is 34.9 Å². The molecule has 0 bridgehead atoms. The summed E-state index contributed by atoms with van der Waals surface area (Å²) in [6, 6.07) is 7.84. The van der Waals surface area contributed by atoms with Gasteiger partial charge in [-0.3, -0.25) is 4.40 Å². The summed E-state index contributed by atoms with van der Waals surface area (Å²) in [4.78, 5) is 3.99. The number of hydrogen-bond donors (Lipinski definition) is 0. The molecule has 0 radical (unpaired) electrons. The lowest BCUT2D eigenvalue weighted by Crippen LogP contribution is -1.89. The smallest absolute Gasteiger partial charge is 0.204 e. The topological polar surface area (TPSA) is 17.3 Å². The summed E-state index contributed by atoms with van der Waals surface area (Å²) in [5.74, 6) is 0. The molecule has 11 heavy (non-hydrogen) atoms. The monoisotopic (exact) mass is 162 g/mol. The summed E-state index contributed by atoms with van der Waals surface area (Å²) in [6.45, 7) is 0. The predicted octanol–water partition coefficient (Wildman–Crippen LogP) is 2.06. The van der Waals surface area contributed by atoms with Crippen molar-refractivity contribution in [3.63, 3.8) is 0 Å². The highest BCUT2D eigenvalue weighted by atomic mass is 32.1. The second-order valence-corrected chi connectivity index (χ2v) is 2.59. The zero-order valence-corrected chi connectivity index (χ0v) is 6.58. The SMILES string of the molecule is S=c1nccc2ccccn12. The zero-order valence-electron chi connectivity index (χ0n) is 5.77. The molecule has 2 rings (SSSR count). The number of hydrogen-bond acceptors (Lipinski definition) is 2. The lowest BCUT2D eigenvalue weighted by atomic mass is 10.4. The Morgan fingerprint density at radius 2 is 2.18 bits per heavy atom. The van der Waals surface area contributed by atoms with Gasteiger partial charge >= 0.3 is 0 Å². The van der Waals surface area contributed by atoms with Crippen molar-refractivity contribution in [3.8, 4) is 0 Å². The molecule has 0 saturated heterocycles. The van der Waals surface area contributed by atoms with E-state index in [2.05, 4.69) is 4.98 Å². The minimum atomic E-state index is 0.600. The van der Waals surface area contributed by atoms with Gasteiger partial charge in [0.15, 0.2) is 0 Å². The lowest BCUT2D eigenvalue weighted by Gasteiger charge is -1.97. The zero-order chi connectivity index (χ0) is 7.68. The largest absolute Gasteiger partial charge is 0.293 e. The Balaban J connectivity index is 3.03. The van der Waals surface area contributed by atoms with Crippen molar-refractivity contribution in [2.45, 2.75) is 0 Å². The van der Waals surface area contributed by atoms with Gasteiger partial charge in [0.1, 0.15) is 0 Å². The molecular weight excluding hydrogens is 156 g/mol. The van der Waals surface area contributed by atoms with E-state index in [0.717, 1.165) is 5.52 Å². The molecule has 0 aromatic carbocycles. The molecule has 0 spiro atoms. The van der Waals surface area contributed by atoms with Crippen LogP contribution in [0.5, 0.6) is 0 Å². The molecule has 0 fully saturated rings. The summed E-state index contributed by atoms with van der Waals surface area (Å²) in [5.41, 5.74) is 1.08. The molecule has 0 aliphatic heterocycles. The molecule has 0 unspecified atom stereocenters. The molecule has 2 aromatic rings. The van der Waals surface area contributed by atoms with Crippen molar-refractivity contribution < 1.29 is 0 Å². The highest BCUT2D eigenvalue weighted by Crippen LogP contribution is 2.00. The maximum atomic E-state index is 5.01. The van der Waals surface area contributed by atoms with E-state index in [1.165, 1.54) is 0 Å². The average molecular weight is 162 g/mol.